The van der Waals surface area contributed by atoms with Crippen LogP contribution in [0.15, 0.2) is 36.4 Å². The maximum absolute atomic E-state index is 12.4. The summed E-state index contributed by atoms with van der Waals surface area (Å²) in [4.78, 5) is 35.9. The number of nitrogens with one attached hydrogen (secondary N) is 2. The molecule has 0 bridgehead atoms. The molecular weight excluding hydrogens is 344 g/mol. The van der Waals surface area contributed by atoms with Gasteiger partial charge in [-0.15, -0.1) is 11.3 Å². The number of hydrogen-bond acceptors (Lipinski definition) is 6. The fraction of sp³-hybridized carbons (Fsp3) is 0.188. The maximum Gasteiger partial charge on any atom is 0.324 e. The predicted molar refractivity (Wildman–Crippen MR) is 95.3 cm³/mol. The van der Waals surface area contributed by atoms with Crippen LogP contribution >= 0.6 is 11.3 Å². The molecule has 132 valence electrons. The van der Waals surface area contributed by atoms with E-state index in [-0.39, 0.29) is 11.4 Å². The highest BCUT2D eigenvalue weighted by atomic mass is 32.1. The molecule has 1 aromatic heterocycles. The molecule has 0 aliphatic heterocycles. The van der Waals surface area contributed by atoms with E-state index < -0.39 is 23.9 Å². The fourth-order valence-corrected chi connectivity index (χ4v) is 3.08. The Bertz CT molecular complexity index is 776. The summed E-state index contributed by atoms with van der Waals surface area (Å²) < 4.78 is 4.50. The van der Waals surface area contributed by atoms with Gasteiger partial charge in [0.1, 0.15) is 10.9 Å². The Hall–Kier alpha value is -2.91. The number of amides is 3. The van der Waals surface area contributed by atoms with Crippen LogP contribution in [-0.2, 0) is 9.53 Å². The lowest BCUT2D eigenvalue weighted by molar-refractivity contribution is -0.141. The van der Waals surface area contributed by atoms with Gasteiger partial charge in [0, 0.05) is 11.4 Å². The van der Waals surface area contributed by atoms with E-state index >= 15 is 0 Å². The van der Waals surface area contributed by atoms with Gasteiger partial charge in [-0.2, -0.15) is 0 Å². The molecule has 0 saturated heterocycles. The maximum atomic E-state index is 12.4. The standard InChI is InChI=1S/C16H18N4O4S/c1-24-15(22)10(17)8-19-14(21)13-11(20-16(18)23)7-12(25-13)9-5-3-2-4-6-9/h2-7,10H,8,17H2,1H3,(H,19,21)(H3,18,20,23). The molecule has 8 nitrogen and oxygen atoms in total. The number of hydrogen-bond donors (Lipinski definition) is 4. The molecule has 0 fully saturated rings. The molecule has 0 saturated carbocycles. The minimum atomic E-state index is -0.977. The van der Waals surface area contributed by atoms with Crippen LogP contribution in [0.4, 0.5) is 10.5 Å². The summed E-state index contributed by atoms with van der Waals surface area (Å²) in [6, 6.07) is 9.29. The van der Waals surface area contributed by atoms with Gasteiger partial charge in [-0.05, 0) is 11.6 Å². The van der Waals surface area contributed by atoms with Gasteiger partial charge in [-0.3, -0.25) is 9.59 Å². The SMILES string of the molecule is COC(=O)C(N)CNC(=O)c1sc(-c2ccccc2)cc1NC(N)=O. The smallest absolute Gasteiger partial charge is 0.324 e. The van der Waals surface area contributed by atoms with Crippen molar-refractivity contribution in [2.45, 2.75) is 6.04 Å². The summed E-state index contributed by atoms with van der Waals surface area (Å²) in [5.74, 6) is -1.11. The Morgan fingerprint density at radius 1 is 1.24 bits per heavy atom. The molecule has 3 amide bonds. The minimum Gasteiger partial charge on any atom is -0.468 e. The number of ether oxygens (including phenoxy) is 1. The zero-order valence-corrected chi connectivity index (χ0v) is 14.3. The molecule has 0 spiro atoms. The van der Waals surface area contributed by atoms with E-state index in [0.29, 0.717) is 5.69 Å². The first kappa shape index (κ1) is 18.4. The van der Waals surface area contributed by atoms with E-state index in [4.69, 9.17) is 11.5 Å². The van der Waals surface area contributed by atoms with E-state index in [1.807, 2.05) is 30.3 Å². The zero-order chi connectivity index (χ0) is 18.4. The summed E-state index contributed by atoms with van der Waals surface area (Å²) in [6.45, 7) is -0.0971. The Morgan fingerprint density at radius 3 is 2.52 bits per heavy atom. The van der Waals surface area contributed by atoms with E-state index in [1.165, 1.54) is 18.4 Å². The first-order valence-corrected chi connectivity index (χ1v) is 8.11. The molecule has 25 heavy (non-hydrogen) atoms. The van der Waals surface area contributed by atoms with Crippen molar-refractivity contribution in [1.82, 2.24) is 5.32 Å². The van der Waals surface area contributed by atoms with Crippen LogP contribution in [-0.4, -0.2) is 37.6 Å². The van der Waals surface area contributed by atoms with Crippen molar-refractivity contribution in [3.05, 3.63) is 41.3 Å². The van der Waals surface area contributed by atoms with Crippen molar-refractivity contribution < 1.29 is 19.1 Å². The number of carbonyl (C=O) groups excluding carboxylic acids is 3. The largest absolute Gasteiger partial charge is 0.468 e. The number of primary amides is 1. The van der Waals surface area contributed by atoms with Gasteiger partial charge in [0.05, 0.1) is 12.8 Å². The molecule has 2 aromatic rings. The van der Waals surface area contributed by atoms with E-state index in [2.05, 4.69) is 15.4 Å². The molecule has 0 aliphatic rings. The topological polar surface area (TPSA) is 137 Å². The lowest BCUT2D eigenvalue weighted by Gasteiger charge is -2.10. The Labute approximate surface area is 148 Å². The van der Waals surface area contributed by atoms with Gasteiger partial charge >= 0.3 is 12.0 Å². The number of thiophene rings is 1. The average Bonchev–Trinajstić information content (AvgIpc) is 3.02. The molecule has 0 aliphatic carbocycles. The first-order chi connectivity index (χ1) is 11.9. The molecule has 1 unspecified atom stereocenters. The molecule has 9 heteroatoms. The van der Waals surface area contributed by atoms with Crippen molar-refractivity contribution in [3.63, 3.8) is 0 Å². The molecule has 1 atom stereocenters. The zero-order valence-electron chi connectivity index (χ0n) is 13.4. The second kappa shape index (κ2) is 8.27. The predicted octanol–water partition coefficient (Wildman–Crippen LogP) is 1.14. The highest BCUT2D eigenvalue weighted by Gasteiger charge is 2.20. The number of benzene rings is 1. The molecular formula is C16H18N4O4S. The second-order valence-electron chi connectivity index (χ2n) is 5.05. The van der Waals surface area contributed by atoms with Crippen molar-refractivity contribution >= 4 is 34.9 Å². The van der Waals surface area contributed by atoms with Crippen molar-refractivity contribution in [1.29, 1.82) is 0 Å². The van der Waals surface area contributed by atoms with Gasteiger partial charge < -0.3 is 26.8 Å². The van der Waals surface area contributed by atoms with E-state index in [9.17, 15) is 14.4 Å². The first-order valence-electron chi connectivity index (χ1n) is 7.29. The van der Waals surface area contributed by atoms with E-state index in [1.54, 1.807) is 6.07 Å². The number of urea groups is 1. The summed E-state index contributed by atoms with van der Waals surface area (Å²) >= 11 is 1.19. The number of methoxy groups -OCH3 is 1. The van der Waals surface area contributed by atoms with Crippen molar-refractivity contribution in [2.75, 3.05) is 19.0 Å². The summed E-state index contributed by atoms with van der Waals surface area (Å²) in [5.41, 5.74) is 11.9. The van der Waals surface area contributed by atoms with Crippen LogP contribution in [0, 0.1) is 0 Å². The lowest BCUT2D eigenvalue weighted by Crippen LogP contribution is -2.43. The van der Waals surface area contributed by atoms with Crippen molar-refractivity contribution in [3.8, 4) is 10.4 Å². The highest BCUT2D eigenvalue weighted by Crippen LogP contribution is 2.34. The van der Waals surface area contributed by atoms with Gasteiger partial charge in [0.15, 0.2) is 0 Å². The molecule has 1 heterocycles. The van der Waals surface area contributed by atoms with Gasteiger partial charge in [-0.25, -0.2) is 4.79 Å². The van der Waals surface area contributed by atoms with Crippen LogP contribution in [0.5, 0.6) is 0 Å². The summed E-state index contributed by atoms with van der Waals surface area (Å²) in [6.07, 6.45) is 0. The lowest BCUT2D eigenvalue weighted by atomic mass is 10.2. The number of carbonyl (C=O) groups is 3. The number of rotatable bonds is 6. The average molecular weight is 362 g/mol. The molecule has 0 radical (unpaired) electrons. The summed E-state index contributed by atoms with van der Waals surface area (Å²) in [5, 5.41) is 4.98. The third-order valence-electron chi connectivity index (χ3n) is 3.24. The molecule has 6 N–H and O–H groups in total. The van der Waals surface area contributed by atoms with Gasteiger partial charge in [0.25, 0.3) is 5.91 Å². The molecule has 1 aromatic carbocycles. The number of anilines is 1. The van der Waals surface area contributed by atoms with Gasteiger partial charge in [0.2, 0.25) is 0 Å². The molecule has 2 rings (SSSR count). The quantitative estimate of drug-likeness (QED) is 0.571. The Kier molecular flexibility index (Phi) is 6.09. The number of esters is 1. The van der Waals surface area contributed by atoms with Crippen molar-refractivity contribution in [2.24, 2.45) is 11.5 Å². The van der Waals surface area contributed by atoms with E-state index in [0.717, 1.165) is 10.4 Å². The third kappa shape index (κ3) is 4.78. The van der Waals surface area contributed by atoms with Crippen LogP contribution in [0.25, 0.3) is 10.4 Å². The highest BCUT2D eigenvalue weighted by molar-refractivity contribution is 7.18. The second-order valence-corrected chi connectivity index (χ2v) is 6.10. The fourth-order valence-electron chi connectivity index (χ4n) is 2.05. The third-order valence-corrected chi connectivity index (χ3v) is 4.42. The monoisotopic (exact) mass is 362 g/mol. The Balaban J connectivity index is 2.22. The van der Waals surface area contributed by atoms with Crippen LogP contribution < -0.4 is 22.1 Å². The Morgan fingerprint density at radius 2 is 1.92 bits per heavy atom. The normalized spacial score (nSPS) is 11.4. The van der Waals surface area contributed by atoms with Crippen LogP contribution in [0.3, 0.4) is 0 Å². The van der Waals surface area contributed by atoms with Crippen LogP contribution in [0.2, 0.25) is 0 Å². The number of nitrogens with two attached hydrogens (primary N) is 2. The minimum absolute atomic E-state index is 0.0971. The summed E-state index contributed by atoms with van der Waals surface area (Å²) in [7, 11) is 1.21. The van der Waals surface area contributed by atoms with Crippen LogP contribution in [0.1, 0.15) is 9.67 Å². The van der Waals surface area contributed by atoms with Gasteiger partial charge in [-0.1, -0.05) is 30.3 Å².